The summed E-state index contributed by atoms with van der Waals surface area (Å²) >= 11 is 0.330. The minimum atomic E-state index is -2.55. The second-order valence-electron chi connectivity index (χ2n) is 5.85. The first-order valence-corrected chi connectivity index (χ1v) is 8.81. The van der Waals surface area contributed by atoms with Gasteiger partial charge in [-0.05, 0) is 62.6 Å². The fourth-order valence-electron chi connectivity index (χ4n) is 2.65. The third-order valence-electron chi connectivity index (χ3n) is 3.94. The van der Waals surface area contributed by atoms with Gasteiger partial charge < -0.3 is 5.32 Å². The minimum Gasteiger partial charge on any atom is -0.326 e. The molecule has 1 aromatic heterocycles. The Balaban J connectivity index is 2.04. The molecule has 4 nitrogen and oxygen atoms in total. The first-order valence-electron chi connectivity index (χ1n) is 7.93. The lowest BCUT2D eigenvalue weighted by molar-refractivity contribution is -0.116. The van der Waals surface area contributed by atoms with Crippen molar-refractivity contribution < 1.29 is 13.6 Å². The molecule has 134 valence electrons. The number of benzene rings is 1. The number of thioether (sulfide) groups is 1. The maximum absolute atomic E-state index is 12.4. The van der Waals surface area contributed by atoms with E-state index in [2.05, 4.69) is 15.3 Å². The molecule has 0 bridgehead atoms. The molecule has 0 aliphatic heterocycles. The SMILES string of the molecule is Cc1cccc(C)c1NC(=O)CCc1c(C)nc(SC(F)F)nc1C. The predicted octanol–water partition coefficient (Wildman–Crippen LogP) is 4.60. The molecule has 0 aliphatic carbocycles. The van der Waals surface area contributed by atoms with Gasteiger partial charge in [0.15, 0.2) is 5.16 Å². The Morgan fingerprint density at radius 2 is 1.68 bits per heavy atom. The van der Waals surface area contributed by atoms with Gasteiger partial charge in [0.05, 0.1) is 0 Å². The first kappa shape index (κ1) is 19.3. The van der Waals surface area contributed by atoms with Crippen molar-refractivity contribution in [3.05, 3.63) is 46.3 Å². The number of nitrogens with one attached hydrogen (secondary N) is 1. The van der Waals surface area contributed by atoms with Crippen molar-refractivity contribution >= 4 is 23.4 Å². The fourth-order valence-corrected chi connectivity index (χ4v) is 3.19. The summed E-state index contributed by atoms with van der Waals surface area (Å²) in [5, 5.41) is 3.01. The van der Waals surface area contributed by atoms with Crippen LogP contribution in [0.1, 0.15) is 34.5 Å². The highest BCUT2D eigenvalue weighted by molar-refractivity contribution is 7.99. The summed E-state index contributed by atoms with van der Waals surface area (Å²) in [6.45, 7) is 7.40. The zero-order chi connectivity index (χ0) is 18.6. The molecule has 0 saturated carbocycles. The Bertz CT molecular complexity index is 738. The third kappa shape index (κ3) is 5.22. The summed E-state index contributed by atoms with van der Waals surface area (Å²) in [6.07, 6.45) is 0.744. The number of aryl methyl sites for hydroxylation is 4. The standard InChI is InChI=1S/C18H21F2N3OS/c1-10-6-5-7-11(2)16(10)23-15(24)9-8-14-12(3)21-18(22-13(14)4)25-17(19)20/h5-7,17H,8-9H2,1-4H3,(H,23,24). The van der Waals surface area contributed by atoms with Crippen LogP contribution in [0.2, 0.25) is 0 Å². The first-order chi connectivity index (χ1) is 11.8. The number of carbonyl (C=O) groups is 1. The zero-order valence-corrected chi connectivity index (χ0v) is 15.5. The highest BCUT2D eigenvalue weighted by Crippen LogP contribution is 2.24. The van der Waals surface area contributed by atoms with Gasteiger partial charge in [0, 0.05) is 23.5 Å². The van der Waals surface area contributed by atoms with Crippen molar-refractivity contribution in [2.75, 3.05) is 5.32 Å². The largest absolute Gasteiger partial charge is 0.326 e. The van der Waals surface area contributed by atoms with Crippen LogP contribution < -0.4 is 5.32 Å². The van der Waals surface area contributed by atoms with Crippen LogP contribution in [-0.4, -0.2) is 21.6 Å². The summed E-state index contributed by atoms with van der Waals surface area (Å²) in [4.78, 5) is 20.5. The highest BCUT2D eigenvalue weighted by Gasteiger charge is 2.14. The highest BCUT2D eigenvalue weighted by atomic mass is 32.2. The Morgan fingerprint density at radius 1 is 1.12 bits per heavy atom. The van der Waals surface area contributed by atoms with E-state index in [-0.39, 0.29) is 17.5 Å². The molecule has 1 amide bonds. The van der Waals surface area contributed by atoms with Crippen molar-refractivity contribution in [1.29, 1.82) is 0 Å². The molecule has 25 heavy (non-hydrogen) atoms. The normalized spacial score (nSPS) is 11.0. The van der Waals surface area contributed by atoms with Gasteiger partial charge in [0.1, 0.15) is 0 Å². The number of hydrogen-bond donors (Lipinski definition) is 1. The Morgan fingerprint density at radius 3 is 2.20 bits per heavy atom. The minimum absolute atomic E-state index is 0.0636. The fraction of sp³-hybridized carbons (Fsp3) is 0.389. The summed E-state index contributed by atoms with van der Waals surface area (Å²) in [5.41, 5.74) is 4.96. The maximum Gasteiger partial charge on any atom is 0.291 e. The van der Waals surface area contributed by atoms with Gasteiger partial charge in [-0.3, -0.25) is 4.79 Å². The van der Waals surface area contributed by atoms with Gasteiger partial charge >= 0.3 is 0 Å². The van der Waals surface area contributed by atoms with E-state index in [1.54, 1.807) is 13.8 Å². The van der Waals surface area contributed by atoms with E-state index in [0.29, 0.717) is 29.6 Å². The average Bonchev–Trinajstić information content (AvgIpc) is 2.49. The molecule has 0 radical (unpaired) electrons. The molecule has 2 aromatic rings. The van der Waals surface area contributed by atoms with E-state index in [1.807, 2.05) is 32.0 Å². The molecule has 0 saturated heterocycles. The van der Waals surface area contributed by atoms with Crippen molar-refractivity contribution in [1.82, 2.24) is 9.97 Å². The molecular weight excluding hydrogens is 344 g/mol. The Labute approximate surface area is 150 Å². The van der Waals surface area contributed by atoms with Crippen LogP contribution in [0.3, 0.4) is 0 Å². The van der Waals surface area contributed by atoms with Gasteiger partial charge in [-0.15, -0.1) is 0 Å². The number of alkyl halides is 2. The van der Waals surface area contributed by atoms with E-state index >= 15 is 0 Å². The van der Waals surface area contributed by atoms with Gasteiger partial charge in [-0.2, -0.15) is 8.78 Å². The Kier molecular flexibility index (Phi) is 6.47. The van der Waals surface area contributed by atoms with E-state index < -0.39 is 5.76 Å². The maximum atomic E-state index is 12.4. The lowest BCUT2D eigenvalue weighted by Gasteiger charge is -2.13. The topological polar surface area (TPSA) is 54.9 Å². The second-order valence-corrected chi connectivity index (χ2v) is 6.81. The molecule has 0 spiro atoms. The Hall–Kier alpha value is -2.02. The van der Waals surface area contributed by atoms with Crippen molar-refractivity contribution in [3.63, 3.8) is 0 Å². The molecule has 1 heterocycles. The van der Waals surface area contributed by atoms with Crippen LogP contribution in [0.15, 0.2) is 23.4 Å². The van der Waals surface area contributed by atoms with Gasteiger partial charge in [0.2, 0.25) is 5.91 Å². The number of carbonyl (C=O) groups excluding carboxylic acids is 1. The summed E-state index contributed by atoms with van der Waals surface area (Å²) in [5.74, 6) is -2.64. The number of rotatable bonds is 6. The molecule has 0 fully saturated rings. The number of nitrogens with zero attached hydrogens (tertiary/aromatic N) is 2. The molecule has 2 rings (SSSR count). The van der Waals surface area contributed by atoms with Crippen molar-refractivity contribution in [3.8, 4) is 0 Å². The summed E-state index contributed by atoms with van der Waals surface area (Å²) < 4.78 is 24.9. The van der Waals surface area contributed by atoms with Gasteiger partial charge in [0.25, 0.3) is 5.76 Å². The van der Waals surface area contributed by atoms with Gasteiger partial charge in [-0.1, -0.05) is 18.2 Å². The van der Waals surface area contributed by atoms with Gasteiger partial charge in [-0.25, -0.2) is 9.97 Å². The lowest BCUT2D eigenvalue weighted by atomic mass is 10.1. The lowest BCUT2D eigenvalue weighted by Crippen LogP contribution is -2.15. The predicted molar refractivity (Wildman–Crippen MR) is 96.2 cm³/mol. The molecule has 0 aliphatic rings. The number of halogens is 2. The molecule has 0 atom stereocenters. The van der Waals surface area contributed by atoms with E-state index in [4.69, 9.17) is 0 Å². The summed E-state index contributed by atoms with van der Waals surface area (Å²) in [7, 11) is 0. The molecule has 1 aromatic carbocycles. The average molecular weight is 365 g/mol. The summed E-state index contributed by atoms with van der Waals surface area (Å²) in [6, 6.07) is 5.84. The molecule has 1 N–H and O–H groups in total. The van der Waals surface area contributed by atoms with Crippen molar-refractivity contribution in [2.24, 2.45) is 0 Å². The number of anilines is 1. The zero-order valence-electron chi connectivity index (χ0n) is 14.7. The molecular formula is C18H21F2N3OS. The molecule has 7 heteroatoms. The van der Waals surface area contributed by atoms with Crippen LogP contribution in [0.25, 0.3) is 0 Å². The second kappa shape index (κ2) is 8.38. The number of aromatic nitrogens is 2. The van der Waals surface area contributed by atoms with E-state index in [9.17, 15) is 13.6 Å². The van der Waals surface area contributed by atoms with E-state index in [1.165, 1.54) is 0 Å². The van der Waals surface area contributed by atoms with Crippen LogP contribution in [0.4, 0.5) is 14.5 Å². The van der Waals surface area contributed by atoms with Crippen LogP contribution in [0, 0.1) is 27.7 Å². The van der Waals surface area contributed by atoms with Crippen LogP contribution in [-0.2, 0) is 11.2 Å². The smallest absolute Gasteiger partial charge is 0.291 e. The van der Waals surface area contributed by atoms with Crippen LogP contribution in [0.5, 0.6) is 0 Å². The number of hydrogen-bond acceptors (Lipinski definition) is 4. The quantitative estimate of drug-likeness (QED) is 0.601. The number of para-hydroxylation sites is 1. The van der Waals surface area contributed by atoms with Crippen molar-refractivity contribution in [2.45, 2.75) is 51.5 Å². The number of amides is 1. The molecule has 0 unspecified atom stereocenters. The third-order valence-corrected chi connectivity index (χ3v) is 4.51. The monoisotopic (exact) mass is 365 g/mol. The van der Waals surface area contributed by atoms with Crippen LogP contribution >= 0.6 is 11.8 Å². The van der Waals surface area contributed by atoms with E-state index in [0.717, 1.165) is 22.4 Å².